The average molecular weight is 321 g/mol. The van der Waals surface area contributed by atoms with Crippen LogP contribution in [0.5, 0.6) is 0 Å². The fraction of sp³-hybridized carbons (Fsp3) is 0.417. The lowest BCUT2D eigenvalue weighted by atomic mass is 10.1. The van der Waals surface area contributed by atoms with Gasteiger partial charge in [-0.3, -0.25) is 4.79 Å². The van der Waals surface area contributed by atoms with Gasteiger partial charge in [-0.2, -0.15) is 17.9 Å². The summed E-state index contributed by atoms with van der Waals surface area (Å²) in [4.78, 5) is 11.3. The molecule has 1 aromatic carbocycles. The molecule has 0 spiro atoms. The first-order valence-electron chi connectivity index (χ1n) is 5.80. The van der Waals surface area contributed by atoms with Crippen LogP contribution in [0.15, 0.2) is 24.3 Å². The third-order valence-corrected chi connectivity index (χ3v) is 3.95. The number of nitrogens with one attached hydrogen (secondary N) is 2. The van der Waals surface area contributed by atoms with Gasteiger partial charge in [-0.15, -0.1) is 0 Å². The number of benzene rings is 1. The summed E-state index contributed by atoms with van der Waals surface area (Å²) < 4.78 is 28.2. The molecular weight excluding hydrogens is 304 g/mol. The largest absolute Gasteiger partial charge is 0.480 e. The minimum atomic E-state index is -3.99. The van der Waals surface area contributed by atoms with Crippen molar-refractivity contribution in [3.8, 4) is 0 Å². The van der Waals surface area contributed by atoms with E-state index in [0.717, 1.165) is 0 Å². The van der Waals surface area contributed by atoms with E-state index in [1.54, 1.807) is 32.9 Å². The zero-order valence-corrected chi connectivity index (χ0v) is 12.9. The number of carbonyl (C=O) groups is 1. The lowest BCUT2D eigenvalue weighted by molar-refractivity contribution is -0.139. The highest BCUT2D eigenvalue weighted by Gasteiger charge is 2.29. The highest BCUT2D eigenvalue weighted by atomic mass is 35.5. The number of hydrogen-bond donors (Lipinski definition) is 3. The summed E-state index contributed by atoms with van der Waals surface area (Å²) >= 11 is 5.91. The van der Waals surface area contributed by atoms with Crippen molar-refractivity contribution in [1.29, 1.82) is 0 Å². The van der Waals surface area contributed by atoms with Crippen molar-refractivity contribution in [3.63, 3.8) is 0 Å². The van der Waals surface area contributed by atoms with Gasteiger partial charge in [0.05, 0.1) is 0 Å². The van der Waals surface area contributed by atoms with Crippen LogP contribution in [0.1, 0.15) is 32.4 Å². The number of aliphatic carboxylic acids is 1. The van der Waals surface area contributed by atoms with Gasteiger partial charge in [0.2, 0.25) is 0 Å². The van der Waals surface area contributed by atoms with Gasteiger partial charge < -0.3 is 5.11 Å². The van der Waals surface area contributed by atoms with E-state index in [9.17, 15) is 18.3 Å². The number of hydrogen-bond acceptors (Lipinski definition) is 3. The Balaban J connectivity index is 3.07. The minimum Gasteiger partial charge on any atom is -0.480 e. The fourth-order valence-electron chi connectivity index (χ4n) is 1.54. The van der Waals surface area contributed by atoms with E-state index in [4.69, 9.17) is 11.6 Å². The number of carboxylic acid groups (broad SMARTS) is 1. The number of rotatable bonds is 5. The Hall–Kier alpha value is -1.15. The van der Waals surface area contributed by atoms with Crippen molar-refractivity contribution in [3.05, 3.63) is 34.9 Å². The van der Waals surface area contributed by atoms with Crippen molar-refractivity contribution < 1.29 is 18.3 Å². The maximum absolute atomic E-state index is 11.9. The summed E-state index contributed by atoms with van der Waals surface area (Å²) in [5, 5.41) is 9.38. The molecule has 0 unspecified atom stereocenters. The molecule has 8 heteroatoms. The second-order valence-corrected chi connectivity index (χ2v) is 7.12. The van der Waals surface area contributed by atoms with Gasteiger partial charge in [-0.1, -0.05) is 29.8 Å². The molecule has 0 aliphatic carbocycles. The summed E-state index contributed by atoms with van der Waals surface area (Å²) in [6.45, 7) is 4.95. The second-order valence-electron chi connectivity index (χ2n) is 5.27. The molecule has 6 nitrogen and oxygen atoms in total. The molecule has 112 valence electrons. The van der Waals surface area contributed by atoms with Gasteiger partial charge in [0.15, 0.2) is 0 Å². The van der Waals surface area contributed by atoms with Crippen LogP contribution in [-0.4, -0.2) is 25.0 Å². The highest BCUT2D eigenvalue weighted by Crippen LogP contribution is 2.23. The van der Waals surface area contributed by atoms with Gasteiger partial charge in [-0.05, 0) is 32.4 Å². The molecule has 0 fully saturated rings. The van der Waals surface area contributed by atoms with Gasteiger partial charge in [0.25, 0.3) is 10.2 Å². The van der Waals surface area contributed by atoms with E-state index in [1.807, 2.05) is 0 Å². The summed E-state index contributed by atoms with van der Waals surface area (Å²) in [5.74, 6) is -1.34. The molecule has 0 amide bonds. The van der Waals surface area contributed by atoms with Crippen LogP contribution in [0.3, 0.4) is 0 Å². The monoisotopic (exact) mass is 320 g/mol. The van der Waals surface area contributed by atoms with Gasteiger partial charge in [0, 0.05) is 10.6 Å². The van der Waals surface area contributed by atoms with Crippen LogP contribution in [0.4, 0.5) is 0 Å². The SMILES string of the molecule is CC(C)(C)NS(=O)(=O)N[C@@H](C(=O)O)c1ccccc1Cl. The molecule has 20 heavy (non-hydrogen) atoms. The van der Waals surface area contributed by atoms with Gasteiger partial charge >= 0.3 is 5.97 Å². The van der Waals surface area contributed by atoms with E-state index in [2.05, 4.69) is 9.44 Å². The van der Waals surface area contributed by atoms with E-state index >= 15 is 0 Å². The summed E-state index contributed by atoms with van der Waals surface area (Å²) in [5.41, 5.74) is -0.545. The Morgan fingerprint density at radius 3 is 2.30 bits per heavy atom. The van der Waals surface area contributed by atoms with Crippen LogP contribution >= 0.6 is 11.6 Å². The molecule has 3 N–H and O–H groups in total. The molecule has 0 saturated carbocycles. The first-order chi connectivity index (χ1) is 9.02. The topological polar surface area (TPSA) is 95.5 Å². The Morgan fingerprint density at radius 2 is 1.85 bits per heavy atom. The fourth-order valence-corrected chi connectivity index (χ4v) is 3.19. The van der Waals surface area contributed by atoms with Crippen molar-refractivity contribution in [2.75, 3.05) is 0 Å². The summed E-state index contributed by atoms with van der Waals surface area (Å²) in [6.07, 6.45) is 0. The van der Waals surface area contributed by atoms with Crippen molar-refractivity contribution >= 4 is 27.8 Å². The molecule has 0 heterocycles. The standard InChI is InChI=1S/C12H17ClN2O4S/c1-12(2,3)15-20(18,19)14-10(11(16)17)8-6-4-5-7-9(8)13/h4-7,10,14-15H,1-3H3,(H,16,17)/t10-/m1/s1. The third-order valence-electron chi connectivity index (χ3n) is 2.18. The molecular formula is C12H17ClN2O4S. The van der Waals surface area contributed by atoms with Crippen molar-refractivity contribution in [2.24, 2.45) is 0 Å². The van der Waals surface area contributed by atoms with Gasteiger partial charge in [0.1, 0.15) is 6.04 Å². The van der Waals surface area contributed by atoms with Crippen LogP contribution in [0.2, 0.25) is 5.02 Å². The number of halogens is 1. The minimum absolute atomic E-state index is 0.179. The Labute approximate surface area is 123 Å². The van der Waals surface area contributed by atoms with Crippen LogP contribution in [0, 0.1) is 0 Å². The molecule has 0 aliphatic rings. The molecule has 1 aromatic rings. The molecule has 0 radical (unpaired) electrons. The van der Waals surface area contributed by atoms with Crippen LogP contribution < -0.4 is 9.44 Å². The highest BCUT2D eigenvalue weighted by molar-refractivity contribution is 7.87. The Bertz CT molecular complexity index is 596. The van der Waals surface area contributed by atoms with E-state index in [1.165, 1.54) is 12.1 Å². The predicted molar refractivity (Wildman–Crippen MR) is 76.8 cm³/mol. The van der Waals surface area contributed by atoms with Crippen LogP contribution in [0.25, 0.3) is 0 Å². The second kappa shape index (κ2) is 6.09. The third kappa shape index (κ3) is 5.09. The number of carboxylic acids is 1. The molecule has 0 saturated heterocycles. The summed E-state index contributed by atoms with van der Waals surface area (Å²) in [7, 11) is -3.99. The Kier molecular flexibility index (Phi) is 5.15. The summed E-state index contributed by atoms with van der Waals surface area (Å²) in [6, 6.07) is 4.72. The van der Waals surface area contributed by atoms with Crippen molar-refractivity contribution in [1.82, 2.24) is 9.44 Å². The van der Waals surface area contributed by atoms with Crippen LogP contribution in [-0.2, 0) is 15.0 Å². The van der Waals surface area contributed by atoms with E-state index in [0.29, 0.717) is 0 Å². The molecule has 1 rings (SSSR count). The maximum Gasteiger partial charge on any atom is 0.326 e. The zero-order valence-electron chi connectivity index (χ0n) is 11.3. The van der Waals surface area contributed by atoms with E-state index in [-0.39, 0.29) is 10.6 Å². The first-order valence-corrected chi connectivity index (χ1v) is 7.66. The first kappa shape index (κ1) is 16.9. The zero-order chi connectivity index (χ0) is 15.6. The van der Waals surface area contributed by atoms with E-state index < -0.39 is 27.8 Å². The molecule has 0 aromatic heterocycles. The average Bonchev–Trinajstić information content (AvgIpc) is 2.23. The molecule has 0 aliphatic heterocycles. The lowest BCUT2D eigenvalue weighted by Crippen LogP contribution is -2.49. The normalized spacial score (nSPS) is 14.0. The smallest absolute Gasteiger partial charge is 0.326 e. The lowest BCUT2D eigenvalue weighted by Gasteiger charge is -2.23. The maximum atomic E-state index is 11.9. The molecule has 0 bridgehead atoms. The quantitative estimate of drug-likeness (QED) is 0.769. The predicted octanol–water partition coefficient (Wildman–Crippen LogP) is 1.69. The Morgan fingerprint density at radius 1 is 1.30 bits per heavy atom. The molecule has 1 atom stereocenters. The van der Waals surface area contributed by atoms with Gasteiger partial charge in [-0.25, -0.2) is 0 Å². The van der Waals surface area contributed by atoms with Crippen molar-refractivity contribution in [2.45, 2.75) is 32.4 Å².